The number of benzene rings is 4. The lowest BCUT2D eigenvalue weighted by Crippen LogP contribution is -2.32. The summed E-state index contributed by atoms with van der Waals surface area (Å²) in [7, 11) is 0. The molecule has 2 atom stereocenters. The van der Waals surface area contributed by atoms with Crippen LogP contribution in [-0.4, -0.2) is 11.1 Å². The van der Waals surface area contributed by atoms with Crippen molar-refractivity contribution in [3.05, 3.63) is 132 Å². The summed E-state index contributed by atoms with van der Waals surface area (Å²) in [5, 5.41) is 0.613. The molecule has 0 N–H and O–H groups in total. The largest absolute Gasteiger partial charge is 0.289 e. The summed E-state index contributed by atoms with van der Waals surface area (Å²) in [6.07, 6.45) is 0. The summed E-state index contributed by atoms with van der Waals surface area (Å²) >= 11 is 1.64. The fraction of sp³-hybridized carbons (Fsp3) is 0.0714. The van der Waals surface area contributed by atoms with Gasteiger partial charge in [-0.3, -0.25) is 9.69 Å². The minimum Gasteiger partial charge on any atom is -0.289 e. The number of hydrogen-bond donors (Lipinski definition) is 0. The molecule has 1 aliphatic rings. The summed E-state index contributed by atoms with van der Waals surface area (Å²) in [6, 6.07) is 40.4. The van der Waals surface area contributed by atoms with Gasteiger partial charge in [0.05, 0.1) is 11.2 Å². The number of nitrogens with zero attached hydrogens (tertiary/aromatic N) is 2. The summed E-state index contributed by atoms with van der Waals surface area (Å²) < 4.78 is 0. The Labute approximate surface area is 192 Å². The van der Waals surface area contributed by atoms with Crippen molar-refractivity contribution in [2.24, 2.45) is 4.99 Å². The number of anilines is 2. The Bertz CT molecular complexity index is 1170. The Balaban J connectivity index is 1.63. The fourth-order valence-electron chi connectivity index (χ4n) is 4.01. The van der Waals surface area contributed by atoms with Gasteiger partial charge in [0.2, 0.25) is 0 Å². The molecule has 156 valence electrons. The summed E-state index contributed by atoms with van der Waals surface area (Å²) in [5.41, 5.74) is 4.06. The third kappa shape index (κ3) is 4.10. The molecule has 1 aliphatic heterocycles. The molecular formula is C28H22N2OS. The van der Waals surface area contributed by atoms with Gasteiger partial charge in [-0.25, -0.2) is 0 Å². The lowest BCUT2D eigenvalue weighted by atomic mass is 9.90. The summed E-state index contributed by atoms with van der Waals surface area (Å²) in [6.45, 7) is 0. The monoisotopic (exact) mass is 434 g/mol. The molecule has 0 saturated carbocycles. The molecular weight excluding hydrogens is 412 g/mol. The van der Waals surface area contributed by atoms with Crippen LogP contribution in [0.1, 0.15) is 22.3 Å². The molecule has 1 heterocycles. The van der Waals surface area contributed by atoms with E-state index in [9.17, 15) is 4.79 Å². The second kappa shape index (κ2) is 9.25. The Morgan fingerprint density at radius 2 is 1.03 bits per heavy atom. The molecule has 4 aromatic carbocycles. The quantitative estimate of drug-likeness (QED) is 0.347. The molecule has 0 aliphatic carbocycles. The number of carbonyl (C=O) groups is 1. The van der Waals surface area contributed by atoms with Gasteiger partial charge in [-0.2, -0.15) is 4.99 Å². The number of aliphatic imine (C=N–C) groups is 1. The zero-order chi connectivity index (χ0) is 21.8. The molecule has 0 fully saturated rings. The van der Waals surface area contributed by atoms with Crippen molar-refractivity contribution in [1.29, 1.82) is 0 Å². The van der Waals surface area contributed by atoms with E-state index in [1.165, 1.54) is 0 Å². The van der Waals surface area contributed by atoms with E-state index in [4.69, 9.17) is 0 Å². The smallest absolute Gasteiger partial charge is 0.257 e. The average Bonchev–Trinajstić information content (AvgIpc) is 2.86. The van der Waals surface area contributed by atoms with Crippen LogP contribution in [-0.2, 0) is 4.79 Å². The number of para-hydroxylation sites is 2. The van der Waals surface area contributed by atoms with Gasteiger partial charge in [0.1, 0.15) is 0 Å². The van der Waals surface area contributed by atoms with Crippen molar-refractivity contribution in [3.63, 3.8) is 0 Å². The maximum absolute atomic E-state index is 13.5. The fourth-order valence-corrected chi connectivity index (χ4v) is 5.40. The first kappa shape index (κ1) is 20.3. The van der Waals surface area contributed by atoms with Crippen LogP contribution >= 0.6 is 11.8 Å². The molecule has 4 heteroatoms. The number of amides is 1. The molecule has 0 saturated heterocycles. The second-order valence-electron chi connectivity index (χ2n) is 7.58. The topological polar surface area (TPSA) is 32.7 Å². The number of thioether (sulfide) groups is 1. The van der Waals surface area contributed by atoms with Gasteiger partial charge >= 0.3 is 0 Å². The molecule has 0 bridgehead atoms. The third-order valence-corrected chi connectivity index (χ3v) is 6.80. The maximum atomic E-state index is 13.5. The molecule has 4 aromatic rings. The Hall–Kier alpha value is -3.63. The van der Waals surface area contributed by atoms with Crippen LogP contribution < -0.4 is 4.90 Å². The maximum Gasteiger partial charge on any atom is 0.257 e. The van der Waals surface area contributed by atoms with Crippen LogP contribution in [0.5, 0.6) is 0 Å². The zero-order valence-electron chi connectivity index (χ0n) is 17.4. The van der Waals surface area contributed by atoms with E-state index in [-0.39, 0.29) is 17.1 Å². The van der Waals surface area contributed by atoms with Gasteiger partial charge in [0, 0.05) is 11.4 Å². The molecule has 0 aromatic heterocycles. The molecule has 1 amide bonds. The highest BCUT2D eigenvalue weighted by Crippen LogP contribution is 2.48. The second-order valence-corrected chi connectivity index (χ2v) is 8.69. The van der Waals surface area contributed by atoms with Crippen LogP contribution in [0, 0.1) is 0 Å². The first-order valence-electron chi connectivity index (χ1n) is 10.6. The van der Waals surface area contributed by atoms with Crippen molar-refractivity contribution >= 4 is 34.2 Å². The lowest BCUT2D eigenvalue weighted by Gasteiger charge is -2.34. The molecule has 0 radical (unpaired) electrons. The Kier molecular flexibility index (Phi) is 5.86. The molecule has 0 unspecified atom stereocenters. The van der Waals surface area contributed by atoms with E-state index in [0.717, 1.165) is 22.5 Å². The zero-order valence-corrected chi connectivity index (χ0v) is 18.2. The van der Waals surface area contributed by atoms with Gasteiger partial charge in [-0.05, 0) is 35.4 Å². The standard InChI is InChI=1S/C28H22N2OS/c31-27-25(21-13-5-1-6-14-21)26(22-15-7-2-8-16-22)32-28(29-27)30(23-17-9-3-10-18-23)24-19-11-4-12-20-24/h1-20,25-26H/t25-,26-/m0/s1. The van der Waals surface area contributed by atoms with Gasteiger partial charge in [-0.1, -0.05) is 109 Å². The SMILES string of the molecule is O=C1N=C(N(c2ccccc2)c2ccccc2)S[C@@H](c2ccccc2)[C@@H]1c1ccccc1. The van der Waals surface area contributed by atoms with Crippen LogP contribution in [0.4, 0.5) is 11.4 Å². The van der Waals surface area contributed by atoms with E-state index < -0.39 is 0 Å². The molecule has 3 nitrogen and oxygen atoms in total. The van der Waals surface area contributed by atoms with E-state index in [0.29, 0.717) is 5.17 Å². The number of amidine groups is 1. The summed E-state index contributed by atoms with van der Waals surface area (Å²) in [5.74, 6) is -0.448. The highest BCUT2D eigenvalue weighted by molar-refractivity contribution is 8.14. The van der Waals surface area contributed by atoms with Crippen LogP contribution in [0.15, 0.2) is 126 Å². The average molecular weight is 435 g/mol. The normalized spacial score (nSPS) is 18.1. The third-order valence-electron chi connectivity index (χ3n) is 5.51. The summed E-state index contributed by atoms with van der Waals surface area (Å²) in [4.78, 5) is 20.2. The van der Waals surface area contributed by atoms with Crippen LogP contribution in [0.2, 0.25) is 0 Å². The first-order valence-corrected chi connectivity index (χ1v) is 11.5. The first-order chi connectivity index (χ1) is 15.8. The minimum atomic E-state index is -0.333. The number of rotatable bonds is 4. The number of hydrogen-bond acceptors (Lipinski definition) is 3. The van der Waals surface area contributed by atoms with Crippen molar-refractivity contribution in [3.8, 4) is 0 Å². The van der Waals surface area contributed by atoms with E-state index in [1.807, 2.05) is 109 Å². The van der Waals surface area contributed by atoms with Crippen molar-refractivity contribution in [2.75, 3.05) is 4.90 Å². The predicted molar refractivity (Wildman–Crippen MR) is 133 cm³/mol. The molecule has 32 heavy (non-hydrogen) atoms. The van der Waals surface area contributed by atoms with E-state index in [1.54, 1.807) is 11.8 Å². The minimum absolute atomic E-state index is 0.0754. The van der Waals surface area contributed by atoms with Crippen molar-refractivity contribution in [1.82, 2.24) is 0 Å². The van der Waals surface area contributed by atoms with Gasteiger partial charge in [-0.15, -0.1) is 0 Å². The van der Waals surface area contributed by atoms with Crippen LogP contribution in [0.25, 0.3) is 0 Å². The van der Waals surface area contributed by atoms with E-state index in [2.05, 4.69) is 22.0 Å². The molecule has 0 spiro atoms. The predicted octanol–water partition coefficient (Wildman–Crippen LogP) is 6.98. The van der Waals surface area contributed by atoms with Crippen LogP contribution in [0.3, 0.4) is 0 Å². The lowest BCUT2D eigenvalue weighted by molar-refractivity contribution is -0.119. The highest BCUT2D eigenvalue weighted by Gasteiger charge is 2.38. The van der Waals surface area contributed by atoms with Gasteiger partial charge in [0.15, 0.2) is 5.17 Å². The van der Waals surface area contributed by atoms with Crippen molar-refractivity contribution in [2.45, 2.75) is 11.2 Å². The van der Waals surface area contributed by atoms with Gasteiger partial charge in [0.25, 0.3) is 5.91 Å². The highest BCUT2D eigenvalue weighted by atomic mass is 32.2. The van der Waals surface area contributed by atoms with E-state index >= 15 is 0 Å². The van der Waals surface area contributed by atoms with Crippen molar-refractivity contribution < 1.29 is 4.79 Å². The molecule has 5 rings (SSSR count). The Morgan fingerprint density at radius 1 is 0.594 bits per heavy atom. The number of carbonyl (C=O) groups excluding carboxylic acids is 1. The van der Waals surface area contributed by atoms with Gasteiger partial charge < -0.3 is 0 Å². The Morgan fingerprint density at radius 3 is 1.53 bits per heavy atom.